The van der Waals surface area contributed by atoms with Crippen LogP contribution in [0, 0.1) is 0 Å². The van der Waals surface area contributed by atoms with Crippen molar-refractivity contribution in [3.8, 4) is 22.8 Å². The number of para-hydroxylation sites is 1. The lowest BCUT2D eigenvalue weighted by atomic mass is 10.1. The Balaban J connectivity index is 2.04. The zero-order chi connectivity index (χ0) is 18.5. The van der Waals surface area contributed by atoms with E-state index >= 15 is 0 Å². The van der Waals surface area contributed by atoms with Crippen molar-refractivity contribution in [1.82, 2.24) is 9.78 Å². The number of nitrogens with zero attached hydrogens (tertiary/aromatic N) is 2. The number of ether oxygens (including phenoxy) is 2. The molecule has 0 aliphatic carbocycles. The Morgan fingerprint density at radius 2 is 1.88 bits per heavy atom. The predicted octanol–water partition coefficient (Wildman–Crippen LogP) is 4.79. The summed E-state index contributed by atoms with van der Waals surface area (Å²) in [6.07, 6.45) is 0. The lowest BCUT2D eigenvalue weighted by Gasteiger charge is -2.08. The van der Waals surface area contributed by atoms with Crippen molar-refractivity contribution in [2.45, 2.75) is 6.92 Å². The summed E-state index contributed by atoms with van der Waals surface area (Å²) in [7, 11) is 0. The number of hydrogen-bond donors (Lipinski definition) is 0. The molecule has 0 saturated carbocycles. The van der Waals surface area contributed by atoms with Gasteiger partial charge in [0.05, 0.1) is 18.0 Å². The molecule has 3 aromatic rings. The number of aromatic nitrogens is 2. The Morgan fingerprint density at radius 3 is 2.58 bits per heavy atom. The van der Waals surface area contributed by atoms with Gasteiger partial charge in [-0.1, -0.05) is 53.5 Å². The summed E-state index contributed by atoms with van der Waals surface area (Å²) in [4.78, 5) is 11.6. The number of carbonyl (C=O) groups excluding carboxylic acids is 1. The van der Waals surface area contributed by atoms with Gasteiger partial charge >= 0.3 is 5.97 Å². The van der Waals surface area contributed by atoms with E-state index in [1.807, 2.05) is 42.5 Å². The zero-order valence-corrected chi connectivity index (χ0v) is 15.5. The van der Waals surface area contributed by atoms with Crippen LogP contribution in [-0.4, -0.2) is 29.0 Å². The average Bonchev–Trinajstić information content (AvgIpc) is 2.97. The van der Waals surface area contributed by atoms with E-state index in [1.54, 1.807) is 23.7 Å². The second-order valence-corrected chi connectivity index (χ2v) is 6.13. The van der Waals surface area contributed by atoms with Crippen LogP contribution in [0.2, 0.25) is 10.0 Å². The fraction of sp³-hybridized carbons (Fsp3) is 0.158. The van der Waals surface area contributed by atoms with Gasteiger partial charge in [0, 0.05) is 10.6 Å². The summed E-state index contributed by atoms with van der Waals surface area (Å²) in [5.41, 5.74) is 2.21. The van der Waals surface area contributed by atoms with Gasteiger partial charge in [-0.15, -0.1) is 5.10 Å². The van der Waals surface area contributed by atoms with Crippen molar-refractivity contribution >= 4 is 29.2 Å². The molecule has 0 atom stereocenters. The number of halogens is 2. The predicted molar refractivity (Wildman–Crippen MR) is 101 cm³/mol. The lowest BCUT2D eigenvalue weighted by Crippen LogP contribution is -2.15. The molecule has 0 unspecified atom stereocenters. The molecule has 0 aliphatic heterocycles. The topological polar surface area (TPSA) is 53.4 Å². The maximum atomic E-state index is 11.6. The molecule has 134 valence electrons. The molecule has 26 heavy (non-hydrogen) atoms. The molecular weight excluding hydrogens is 375 g/mol. The first-order valence-electron chi connectivity index (χ1n) is 7.98. The van der Waals surface area contributed by atoms with E-state index < -0.39 is 5.97 Å². The molecule has 1 heterocycles. The van der Waals surface area contributed by atoms with Crippen molar-refractivity contribution in [2.75, 3.05) is 13.2 Å². The molecule has 0 amide bonds. The van der Waals surface area contributed by atoms with Crippen LogP contribution in [0.25, 0.3) is 16.9 Å². The van der Waals surface area contributed by atoms with Crippen molar-refractivity contribution < 1.29 is 14.3 Å². The molecule has 0 N–H and O–H groups in total. The highest BCUT2D eigenvalue weighted by molar-refractivity contribution is 6.35. The van der Waals surface area contributed by atoms with Gasteiger partial charge < -0.3 is 9.47 Å². The molecule has 2 aromatic carbocycles. The van der Waals surface area contributed by atoms with Crippen molar-refractivity contribution in [1.29, 1.82) is 0 Å². The van der Waals surface area contributed by atoms with E-state index in [4.69, 9.17) is 32.7 Å². The molecule has 0 spiro atoms. The minimum absolute atomic E-state index is 0.151. The first kappa shape index (κ1) is 18.3. The number of benzene rings is 2. The third kappa shape index (κ3) is 4.00. The highest BCUT2D eigenvalue weighted by Crippen LogP contribution is 2.37. The average molecular weight is 391 g/mol. The normalized spacial score (nSPS) is 10.6. The van der Waals surface area contributed by atoms with E-state index in [-0.39, 0.29) is 19.1 Å². The molecule has 0 aliphatic rings. The minimum Gasteiger partial charge on any atom is -0.464 e. The summed E-state index contributed by atoms with van der Waals surface area (Å²) < 4.78 is 12.0. The highest BCUT2D eigenvalue weighted by atomic mass is 35.5. The zero-order valence-electron chi connectivity index (χ0n) is 14.0. The molecule has 0 bridgehead atoms. The Labute approximate surface area is 161 Å². The standard InChI is InChI=1S/C19H16Cl2N2O3/c1-2-25-16(24)12-26-19-17(21)18(13-7-6-8-14(20)11-13)23(22-19)15-9-4-3-5-10-15/h3-11H,2,12H2,1H3. The van der Waals surface area contributed by atoms with Crippen LogP contribution in [-0.2, 0) is 9.53 Å². The second kappa shape index (κ2) is 8.25. The van der Waals surface area contributed by atoms with Gasteiger partial charge in [0.1, 0.15) is 5.02 Å². The number of rotatable bonds is 6. The van der Waals surface area contributed by atoms with Gasteiger partial charge in [-0.05, 0) is 31.2 Å². The Hall–Kier alpha value is -2.50. The highest BCUT2D eigenvalue weighted by Gasteiger charge is 2.21. The van der Waals surface area contributed by atoms with Gasteiger partial charge in [0.15, 0.2) is 6.61 Å². The van der Waals surface area contributed by atoms with Crippen LogP contribution in [0.5, 0.6) is 5.88 Å². The van der Waals surface area contributed by atoms with E-state index in [1.165, 1.54) is 0 Å². The van der Waals surface area contributed by atoms with Gasteiger partial charge in [0.2, 0.25) is 0 Å². The SMILES string of the molecule is CCOC(=O)COc1nn(-c2ccccc2)c(-c2cccc(Cl)c2)c1Cl. The van der Waals surface area contributed by atoms with Crippen molar-refractivity contribution in [3.05, 3.63) is 64.6 Å². The van der Waals surface area contributed by atoms with Gasteiger partial charge in [-0.3, -0.25) is 0 Å². The van der Waals surface area contributed by atoms with Crippen LogP contribution >= 0.6 is 23.2 Å². The maximum absolute atomic E-state index is 11.6. The summed E-state index contributed by atoms with van der Waals surface area (Å²) >= 11 is 12.6. The Bertz CT molecular complexity index is 910. The third-order valence-electron chi connectivity index (χ3n) is 3.53. The molecular formula is C19H16Cl2N2O3. The molecule has 5 nitrogen and oxygen atoms in total. The molecule has 3 rings (SSSR count). The first-order chi connectivity index (χ1) is 12.6. The molecule has 0 saturated heterocycles. The maximum Gasteiger partial charge on any atom is 0.344 e. The van der Waals surface area contributed by atoms with E-state index in [2.05, 4.69) is 5.10 Å². The fourth-order valence-corrected chi connectivity index (χ4v) is 2.91. The third-order valence-corrected chi connectivity index (χ3v) is 4.10. The summed E-state index contributed by atoms with van der Waals surface area (Å²) in [5.74, 6) is -0.333. The van der Waals surface area contributed by atoms with Gasteiger partial charge in [-0.25, -0.2) is 9.48 Å². The van der Waals surface area contributed by atoms with E-state index in [0.717, 1.165) is 11.3 Å². The van der Waals surface area contributed by atoms with Crippen LogP contribution in [0.1, 0.15) is 6.92 Å². The minimum atomic E-state index is -0.484. The quantitative estimate of drug-likeness (QED) is 0.567. The molecule has 0 radical (unpaired) electrons. The molecule has 1 aromatic heterocycles. The fourth-order valence-electron chi connectivity index (χ4n) is 2.44. The van der Waals surface area contributed by atoms with Gasteiger partial charge in [-0.2, -0.15) is 0 Å². The van der Waals surface area contributed by atoms with Crippen molar-refractivity contribution in [3.63, 3.8) is 0 Å². The second-order valence-electron chi connectivity index (χ2n) is 5.32. The van der Waals surface area contributed by atoms with Crippen LogP contribution in [0.3, 0.4) is 0 Å². The summed E-state index contributed by atoms with van der Waals surface area (Å²) in [5, 5.41) is 5.30. The molecule has 7 heteroatoms. The van der Waals surface area contributed by atoms with Crippen LogP contribution in [0.4, 0.5) is 0 Å². The molecule has 0 fully saturated rings. The largest absolute Gasteiger partial charge is 0.464 e. The number of esters is 1. The Kier molecular flexibility index (Phi) is 5.81. The van der Waals surface area contributed by atoms with Crippen molar-refractivity contribution in [2.24, 2.45) is 0 Å². The van der Waals surface area contributed by atoms with E-state index in [9.17, 15) is 4.79 Å². The summed E-state index contributed by atoms with van der Waals surface area (Å²) in [6.45, 7) is 1.74. The van der Waals surface area contributed by atoms with Gasteiger partial charge in [0.25, 0.3) is 5.88 Å². The smallest absolute Gasteiger partial charge is 0.344 e. The van der Waals surface area contributed by atoms with Crippen LogP contribution in [0.15, 0.2) is 54.6 Å². The monoisotopic (exact) mass is 390 g/mol. The summed E-state index contributed by atoms with van der Waals surface area (Å²) in [6, 6.07) is 16.8. The number of hydrogen-bond acceptors (Lipinski definition) is 4. The lowest BCUT2D eigenvalue weighted by molar-refractivity contribution is -0.145. The number of carbonyl (C=O) groups is 1. The Morgan fingerprint density at radius 1 is 1.12 bits per heavy atom. The van der Waals surface area contributed by atoms with E-state index in [0.29, 0.717) is 15.7 Å². The first-order valence-corrected chi connectivity index (χ1v) is 8.74. The van der Waals surface area contributed by atoms with Crippen LogP contribution < -0.4 is 4.74 Å².